The molecule has 110 valence electrons. The van der Waals surface area contributed by atoms with Gasteiger partial charge in [-0.1, -0.05) is 39.8 Å². The Kier molecular flexibility index (Phi) is 3.09. The maximum Gasteiger partial charge on any atom is 0.196 e. The van der Waals surface area contributed by atoms with E-state index in [1.54, 1.807) is 12.3 Å². The minimum atomic E-state index is 0.0331. The van der Waals surface area contributed by atoms with Crippen LogP contribution in [-0.4, -0.2) is 5.78 Å². The van der Waals surface area contributed by atoms with E-state index in [0.29, 0.717) is 5.56 Å². The van der Waals surface area contributed by atoms with E-state index in [0.717, 1.165) is 12.0 Å². The van der Waals surface area contributed by atoms with E-state index in [9.17, 15) is 4.79 Å². The molecule has 2 aromatic rings. The summed E-state index contributed by atoms with van der Waals surface area (Å²) in [4.78, 5) is 12.5. The van der Waals surface area contributed by atoms with Gasteiger partial charge < -0.3 is 4.42 Å². The fourth-order valence-corrected chi connectivity index (χ4v) is 3.29. The van der Waals surface area contributed by atoms with Gasteiger partial charge in [0.25, 0.3) is 0 Å². The zero-order valence-electron chi connectivity index (χ0n) is 13.2. The Morgan fingerprint density at radius 1 is 0.952 bits per heavy atom. The molecular formula is C19H22O2. The predicted octanol–water partition coefficient (Wildman–Crippen LogP) is 4.86. The average Bonchev–Trinajstić information content (AvgIpc) is 2.97. The summed E-state index contributed by atoms with van der Waals surface area (Å²) in [6, 6.07) is 7.91. The Bertz CT molecular complexity index is 676. The summed E-state index contributed by atoms with van der Waals surface area (Å²) in [5.41, 5.74) is 4.36. The molecule has 2 heteroatoms. The van der Waals surface area contributed by atoms with Crippen LogP contribution in [0, 0.1) is 0 Å². The van der Waals surface area contributed by atoms with Gasteiger partial charge in [0.05, 0.1) is 11.8 Å². The second-order valence-corrected chi connectivity index (χ2v) is 7.37. The summed E-state index contributed by atoms with van der Waals surface area (Å²) >= 11 is 0. The largest absolute Gasteiger partial charge is 0.472 e. The lowest BCUT2D eigenvalue weighted by molar-refractivity contribution is 0.103. The van der Waals surface area contributed by atoms with E-state index >= 15 is 0 Å². The van der Waals surface area contributed by atoms with Crippen molar-refractivity contribution in [1.82, 2.24) is 0 Å². The van der Waals surface area contributed by atoms with Crippen molar-refractivity contribution in [3.05, 3.63) is 59.0 Å². The Labute approximate surface area is 126 Å². The number of carbonyl (C=O) groups excluding carboxylic acids is 1. The number of carbonyl (C=O) groups is 1. The third-order valence-electron chi connectivity index (χ3n) is 4.90. The molecule has 0 fully saturated rings. The van der Waals surface area contributed by atoms with E-state index in [1.165, 1.54) is 23.8 Å². The first-order valence-corrected chi connectivity index (χ1v) is 7.53. The van der Waals surface area contributed by atoms with Gasteiger partial charge in [-0.05, 0) is 46.9 Å². The smallest absolute Gasteiger partial charge is 0.196 e. The van der Waals surface area contributed by atoms with Crippen LogP contribution in [0.1, 0.15) is 67.6 Å². The van der Waals surface area contributed by atoms with Crippen LogP contribution in [0.15, 0.2) is 41.2 Å². The average molecular weight is 282 g/mol. The van der Waals surface area contributed by atoms with E-state index < -0.39 is 0 Å². The van der Waals surface area contributed by atoms with Crippen molar-refractivity contribution in [2.24, 2.45) is 0 Å². The SMILES string of the molecule is CC1(C)CCC(C)(C)c2cc(C(=O)c3ccoc3)ccc21. The molecule has 0 atom stereocenters. The van der Waals surface area contributed by atoms with Crippen LogP contribution in [0.5, 0.6) is 0 Å². The second-order valence-electron chi connectivity index (χ2n) is 7.37. The van der Waals surface area contributed by atoms with Crippen molar-refractivity contribution >= 4 is 5.78 Å². The van der Waals surface area contributed by atoms with Gasteiger partial charge in [0.15, 0.2) is 5.78 Å². The number of rotatable bonds is 2. The van der Waals surface area contributed by atoms with Crippen LogP contribution < -0.4 is 0 Å². The topological polar surface area (TPSA) is 30.2 Å². The minimum Gasteiger partial charge on any atom is -0.472 e. The molecule has 0 spiro atoms. The molecule has 1 aromatic carbocycles. The van der Waals surface area contributed by atoms with Crippen molar-refractivity contribution in [3.63, 3.8) is 0 Å². The van der Waals surface area contributed by atoms with Crippen molar-refractivity contribution in [2.45, 2.75) is 51.4 Å². The predicted molar refractivity (Wildman–Crippen MR) is 83.9 cm³/mol. The maximum absolute atomic E-state index is 12.5. The molecule has 21 heavy (non-hydrogen) atoms. The molecule has 0 amide bonds. The number of fused-ring (bicyclic) bond motifs is 1. The number of benzene rings is 1. The monoisotopic (exact) mass is 282 g/mol. The van der Waals surface area contributed by atoms with Crippen LogP contribution in [-0.2, 0) is 10.8 Å². The van der Waals surface area contributed by atoms with Gasteiger partial charge in [-0.15, -0.1) is 0 Å². The highest BCUT2D eigenvalue weighted by Crippen LogP contribution is 2.45. The molecule has 0 N–H and O–H groups in total. The molecule has 0 aliphatic heterocycles. The van der Waals surface area contributed by atoms with E-state index in [4.69, 9.17) is 4.42 Å². The molecular weight excluding hydrogens is 260 g/mol. The molecule has 0 saturated carbocycles. The van der Waals surface area contributed by atoms with Gasteiger partial charge in [0, 0.05) is 5.56 Å². The van der Waals surface area contributed by atoms with Crippen LogP contribution >= 0.6 is 0 Å². The van der Waals surface area contributed by atoms with E-state index in [-0.39, 0.29) is 16.6 Å². The lowest BCUT2D eigenvalue weighted by Gasteiger charge is -2.42. The molecule has 0 bridgehead atoms. The Hall–Kier alpha value is -1.83. The number of hydrogen-bond donors (Lipinski definition) is 0. The van der Waals surface area contributed by atoms with Gasteiger partial charge in [0.1, 0.15) is 6.26 Å². The fourth-order valence-electron chi connectivity index (χ4n) is 3.29. The first kappa shape index (κ1) is 14.1. The van der Waals surface area contributed by atoms with E-state index in [2.05, 4.69) is 39.8 Å². The number of hydrogen-bond acceptors (Lipinski definition) is 2. The molecule has 2 nitrogen and oxygen atoms in total. The first-order valence-electron chi connectivity index (χ1n) is 7.53. The molecule has 0 saturated heterocycles. The summed E-state index contributed by atoms with van der Waals surface area (Å²) < 4.78 is 5.02. The summed E-state index contributed by atoms with van der Waals surface area (Å²) in [6.45, 7) is 9.12. The summed E-state index contributed by atoms with van der Waals surface area (Å²) in [7, 11) is 0. The lowest BCUT2D eigenvalue weighted by Crippen LogP contribution is -2.34. The number of furan rings is 1. The molecule has 1 heterocycles. The molecule has 0 radical (unpaired) electrons. The molecule has 0 unspecified atom stereocenters. The molecule has 1 aliphatic carbocycles. The Morgan fingerprint density at radius 3 is 2.24 bits per heavy atom. The van der Waals surface area contributed by atoms with Crippen molar-refractivity contribution in [3.8, 4) is 0 Å². The van der Waals surface area contributed by atoms with Crippen LogP contribution in [0.2, 0.25) is 0 Å². The van der Waals surface area contributed by atoms with Gasteiger partial charge in [-0.2, -0.15) is 0 Å². The van der Waals surface area contributed by atoms with Crippen molar-refractivity contribution < 1.29 is 9.21 Å². The first-order chi connectivity index (χ1) is 9.81. The van der Waals surface area contributed by atoms with Gasteiger partial charge in [-0.25, -0.2) is 0 Å². The van der Waals surface area contributed by atoms with E-state index in [1.807, 2.05) is 6.07 Å². The summed E-state index contributed by atoms with van der Waals surface area (Å²) in [5, 5.41) is 0. The summed E-state index contributed by atoms with van der Waals surface area (Å²) in [5.74, 6) is 0.0331. The standard InChI is InChI=1S/C19H22O2/c1-18(2)8-9-19(3,4)16-11-13(5-6-15(16)18)17(20)14-7-10-21-12-14/h5-7,10-12H,8-9H2,1-4H3. The molecule has 1 aliphatic rings. The van der Waals surface area contributed by atoms with Crippen molar-refractivity contribution in [2.75, 3.05) is 0 Å². The summed E-state index contributed by atoms with van der Waals surface area (Å²) in [6.07, 6.45) is 5.38. The van der Waals surface area contributed by atoms with Crippen LogP contribution in [0.4, 0.5) is 0 Å². The van der Waals surface area contributed by atoms with Gasteiger partial charge in [-0.3, -0.25) is 4.79 Å². The minimum absolute atomic E-state index is 0.0331. The molecule has 3 rings (SSSR count). The third kappa shape index (κ3) is 2.33. The zero-order chi connectivity index (χ0) is 15.3. The highest BCUT2D eigenvalue weighted by atomic mass is 16.3. The normalized spacial score (nSPS) is 19.0. The number of ketones is 1. The fraction of sp³-hybridized carbons (Fsp3) is 0.421. The quantitative estimate of drug-likeness (QED) is 0.736. The zero-order valence-corrected chi connectivity index (χ0v) is 13.2. The van der Waals surface area contributed by atoms with Crippen LogP contribution in [0.25, 0.3) is 0 Å². The highest BCUT2D eigenvalue weighted by molar-refractivity contribution is 6.08. The molecule has 1 aromatic heterocycles. The van der Waals surface area contributed by atoms with Crippen LogP contribution in [0.3, 0.4) is 0 Å². The Balaban J connectivity index is 2.10. The van der Waals surface area contributed by atoms with Gasteiger partial charge >= 0.3 is 0 Å². The Morgan fingerprint density at radius 2 is 1.62 bits per heavy atom. The van der Waals surface area contributed by atoms with Crippen molar-refractivity contribution in [1.29, 1.82) is 0 Å². The second kappa shape index (κ2) is 4.59. The highest BCUT2D eigenvalue weighted by Gasteiger charge is 2.37. The van der Waals surface area contributed by atoms with Gasteiger partial charge in [0.2, 0.25) is 0 Å². The third-order valence-corrected chi connectivity index (χ3v) is 4.90. The lowest BCUT2D eigenvalue weighted by atomic mass is 9.63. The maximum atomic E-state index is 12.5.